The van der Waals surface area contributed by atoms with Crippen molar-refractivity contribution in [3.63, 3.8) is 0 Å². The maximum Gasteiger partial charge on any atom is 0.128 e. The molecule has 2 aromatic rings. The molecule has 3 rings (SSSR count). The number of nitrogens with zero attached hydrogens (tertiary/aromatic N) is 1. The molecule has 24 heavy (non-hydrogen) atoms. The van der Waals surface area contributed by atoms with Gasteiger partial charge in [-0.15, -0.1) is 0 Å². The highest BCUT2D eigenvalue weighted by atomic mass is 19.1. The molecule has 0 bridgehead atoms. The summed E-state index contributed by atoms with van der Waals surface area (Å²) in [5.41, 5.74) is 7.23. The third-order valence-electron chi connectivity index (χ3n) is 4.56. The van der Waals surface area contributed by atoms with E-state index >= 15 is 0 Å². The zero-order valence-corrected chi connectivity index (χ0v) is 13.7. The summed E-state index contributed by atoms with van der Waals surface area (Å²) in [6.07, 6.45) is -0.414. The molecule has 1 saturated carbocycles. The van der Waals surface area contributed by atoms with E-state index in [4.69, 9.17) is 10.5 Å². The molecule has 0 aliphatic heterocycles. The number of hydrogen-bond acceptors (Lipinski definition) is 4. The number of rotatable bonds is 5. The summed E-state index contributed by atoms with van der Waals surface area (Å²) in [5.74, 6) is 0.478. The number of likely N-dealkylation sites (N-methyl/N-ethyl adjacent to an activating group) is 1. The first-order valence-corrected chi connectivity index (χ1v) is 8.14. The van der Waals surface area contributed by atoms with Crippen LogP contribution in [0.25, 0.3) is 0 Å². The van der Waals surface area contributed by atoms with Gasteiger partial charge in [0.25, 0.3) is 0 Å². The Morgan fingerprint density at radius 2 is 1.83 bits per heavy atom. The Kier molecular flexibility index (Phi) is 5.14. The second-order valence-electron chi connectivity index (χ2n) is 6.39. The van der Waals surface area contributed by atoms with Crippen LogP contribution in [-0.4, -0.2) is 41.3 Å². The van der Waals surface area contributed by atoms with Crippen LogP contribution in [0, 0.1) is 5.82 Å². The van der Waals surface area contributed by atoms with Crippen molar-refractivity contribution >= 4 is 0 Å². The van der Waals surface area contributed by atoms with E-state index in [2.05, 4.69) is 0 Å². The van der Waals surface area contributed by atoms with E-state index in [9.17, 15) is 9.50 Å². The lowest BCUT2D eigenvalue weighted by Gasteiger charge is -2.30. The molecule has 0 aromatic heterocycles. The average Bonchev–Trinajstić information content (AvgIpc) is 2.84. The van der Waals surface area contributed by atoms with Crippen LogP contribution in [0.3, 0.4) is 0 Å². The van der Waals surface area contributed by atoms with Crippen molar-refractivity contribution in [2.45, 2.75) is 37.3 Å². The zero-order valence-electron chi connectivity index (χ0n) is 13.7. The van der Waals surface area contributed by atoms with Crippen molar-refractivity contribution in [1.29, 1.82) is 0 Å². The molecular formula is C19H23FN2O2. The van der Waals surface area contributed by atoms with Gasteiger partial charge in [-0.05, 0) is 36.9 Å². The van der Waals surface area contributed by atoms with Crippen LogP contribution in [-0.2, 0) is 6.54 Å². The highest BCUT2D eigenvalue weighted by Gasteiger charge is 2.44. The van der Waals surface area contributed by atoms with E-state index in [1.54, 1.807) is 12.1 Å². The van der Waals surface area contributed by atoms with Gasteiger partial charge >= 0.3 is 0 Å². The summed E-state index contributed by atoms with van der Waals surface area (Å²) >= 11 is 0. The summed E-state index contributed by atoms with van der Waals surface area (Å²) in [6, 6.07) is 15.4. The van der Waals surface area contributed by atoms with Gasteiger partial charge in [0.15, 0.2) is 0 Å². The van der Waals surface area contributed by atoms with Crippen LogP contribution < -0.4 is 10.5 Å². The monoisotopic (exact) mass is 330 g/mol. The summed E-state index contributed by atoms with van der Waals surface area (Å²) in [5, 5.41) is 10.7. The number of nitrogens with two attached hydrogens (primary N) is 1. The lowest BCUT2D eigenvalue weighted by molar-refractivity contribution is 0.0137. The SMILES string of the molecule is CN(Cc1ccc(F)cc1)[C@@H]1[C@@H](O)[C@H](Oc2ccccc2)C[C@H]1N. The fraction of sp³-hybridized carbons (Fsp3) is 0.368. The van der Waals surface area contributed by atoms with Crippen molar-refractivity contribution in [3.8, 4) is 5.75 Å². The van der Waals surface area contributed by atoms with Crippen LogP contribution in [0.4, 0.5) is 4.39 Å². The van der Waals surface area contributed by atoms with E-state index in [0.29, 0.717) is 13.0 Å². The maximum atomic E-state index is 13.0. The molecule has 1 aliphatic rings. The molecule has 128 valence electrons. The number of benzene rings is 2. The summed E-state index contributed by atoms with van der Waals surface area (Å²) < 4.78 is 18.9. The predicted molar refractivity (Wildman–Crippen MR) is 91.1 cm³/mol. The Morgan fingerprint density at radius 1 is 1.17 bits per heavy atom. The third kappa shape index (κ3) is 3.75. The second-order valence-corrected chi connectivity index (χ2v) is 6.39. The van der Waals surface area contributed by atoms with Crippen LogP contribution >= 0.6 is 0 Å². The van der Waals surface area contributed by atoms with Crippen LogP contribution in [0.2, 0.25) is 0 Å². The normalized spacial score (nSPS) is 26.7. The molecule has 1 fully saturated rings. The Balaban J connectivity index is 1.65. The lowest BCUT2D eigenvalue weighted by Crippen LogP contribution is -2.48. The molecule has 4 nitrogen and oxygen atoms in total. The van der Waals surface area contributed by atoms with Crippen LogP contribution in [0.5, 0.6) is 5.75 Å². The predicted octanol–water partition coefficient (Wildman–Crippen LogP) is 2.17. The molecule has 2 aromatic carbocycles. The smallest absolute Gasteiger partial charge is 0.128 e. The van der Waals surface area contributed by atoms with Crippen molar-refractivity contribution in [3.05, 3.63) is 66.0 Å². The van der Waals surface area contributed by atoms with E-state index in [1.807, 2.05) is 42.3 Å². The van der Waals surface area contributed by atoms with Gasteiger partial charge in [0, 0.05) is 19.0 Å². The molecule has 0 saturated heterocycles. The molecule has 1 aliphatic carbocycles. The van der Waals surface area contributed by atoms with Gasteiger partial charge < -0.3 is 15.6 Å². The summed E-state index contributed by atoms with van der Waals surface area (Å²) in [6.45, 7) is 0.591. The Bertz CT molecular complexity index is 650. The topological polar surface area (TPSA) is 58.7 Å². The molecule has 0 unspecified atom stereocenters. The van der Waals surface area contributed by atoms with E-state index in [-0.39, 0.29) is 24.0 Å². The molecule has 3 N–H and O–H groups in total. The van der Waals surface area contributed by atoms with Crippen molar-refractivity contribution in [2.75, 3.05) is 7.05 Å². The van der Waals surface area contributed by atoms with Gasteiger partial charge in [0.1, 0.15) is 23.8 Å². The molecular weight excluding hydrogens is 307 g/mol. The Labute approximate surface area is 141 Å². The van der Waals surface area contributed by atoms with Gasteiger partial charge in [0.05, 0.1) is 6.04 Å². The van der Waals surface area contributed by atoms with Gasteiger partial charge in [-0.2, -0.15) is 0 Å². The highest BCUT2D eigenvalue weighted by molar-refractivity contribution is 5.22. The van der Waals surface area contributed by atoms with Crippen molar-refractivity contribution in [2.24, 2.45) is 5.73 Å². The Morgan fingerprint density at radius 3 is 2.50 bits per heavy atom. The number of aliphatic hydroxyl groups is 1. The molecule has 4 atom stereocenters. The van der Waals surface area contributed by atoms with Gasteiger partial charge in [-0.25, -0.2) is 4.39 Å². The minimum absolute atomic E-state index is 0.181. The number of ether oxygens (including phenoxy) is 1. The van der Waals surface area contributed by atoms with Gasteiger partial charge in [0.2, 0.25) is 0 Å². The fourth-order valence-corrected chi connectivity index (χ4v) is 3.38. The minimum Gasteiger partial charge on any atom is -0.488 e. The summed E-state index contributed by atoms with van der Waals surface area (Å²) in [4.78, 5) is 2.01. The van der Waals surface area contributed by atoms with Crippen LogP contribution in [0.15, 0.2) is 54.6 Å². The van der Waals surface area contributed by atoms with Crippen molar-refractivity contribution < 1.29 is 14.2 Å². The quantitative estimate of drug-likeness (QED) is 0.882. The minimum atomic E-state index is -0.675. The van der Waals surface area contributed by atoms with Gasteiger partial charge in [-0.1, -0.05) is 30.3 Å². The van der Waals surface area contributed by atoms with Crippen molar-refractivity contribution in [1.82, 2.24) is 4.90 Å². The average molecular weight is 330 g/mol. The zero-order chi connectivity index (χ0) is 17.1. The first kappa shape index (κ1) is 16.9. The standard InChI is InChI=1S/C19H23FN2O2/c1-22(12-13-7-9-14(20)10-8-13)18-16(21)11-17(19(18)23)24-15-5-3-2-4-6-15/h2-10,16-19,23H,11-12,21H2,1H3/t16-,17-,18+,19+/m1/s1. The number of hydrogen-bond donors (Lipinski definition) is 2. The third-order valence-corrected chi connectivity index (χ3v) is 4.56. The first-order valence-electron chi connectivity index (χ1n) is 8.14. The number of para-hydroxylation sites is 1. The lowest BCUT2D eigenvalue weighted by atomic mass is 10.1. The molecule has 0 radical (unpaired) electrons. The second kappa shape index (κ2) is 7.30. The molecule has 0 amide bonds. The maximum absolute atomic E-state index is 13.0. The molecule has 5 heteroatoms. The highest BCUT2D eigenvalue weighted by Crippen LogP contribution is 2.28. The van der Waals surface area contributed by atoms with E-state index in [0.717, 1.165) is 11.3 Å². The first-order chi connectivity index (χ1) is 11.5. The molecule has 0 spiro atoms. The number of halogens is 1. The molecule has 0 heterocycles. The van der Waals surface area contributed by atoms with Gasteiger partial charge in [-0.3, -0.25) is 4.90 Å². The summed E-state index contributed by atoms with van der Waals surface area (Å²) in [7, 11) is 1.92. The Hall–Kier alpha value is -1.95. The fourth-order valence-electron chi connectivity index (χ4n) is 3.38. The number of aliphatic hydroxyl groups excluding tert-OH is 1. The van der Waals surface area contributed by atoms with E-state index < -0.39 is 6.10 Å². The van der Waals surface area contributed by atoms with Crippen LogP contribution in [0.1, 0.15) is 12.0 Å². The largest absolute Gasteiger partial charge is 0.488 e. The van der Waals surface area contributed by atoms with E-state index in [1.165, 1.54) is 12.1 Å².